The lowest BCUT2D eigenvalue weighted by atomic mass is 9.95. The van der Waals surface area contributed by atoms with Crippen LogP contribution in [0.4, 0.5) is 0 Å². The van der Waals surface area contributed by atoms with Crippen LogP contribution in [0.3, 0.4) is 0 Å². The van der Waals surface area contributed by atoms with Gasteiger partial charge >= 0.3 is 0 Å². The highest BCUT2D eigenvalue weighted by Crippen LogP contribution is 2.37. The third kappa shape index (κ3) is 4.57. The minimum atomic E-state index is -2.60. The molecule has 0 fully saturated rings. The number of aliphatic hydroxyl groups excluding tert-OH is 1. The summed E-state index contributed by atoms with van der Waals surface area (Å²) in [6.07, 6.45) is 0.102. The first-order valence-corrected chi connectivity index (χ1v) is 11.5. The number of hydrogen-bond acceptors (Lipinski definition) is 3. The van der Waals surface area contributed by atoms with E-state index in [1.165, 1.54) is 10.4 Å². The van der Waals surface area contributed by atoms with E-state index in [1.807, 2.05) is 19.1 Å². The zero-order valence-electron chi connectivity index (χ0n) is 17.1. The molecule has 0 heterocycles. The zero-order chi connectivity index (χ0) is 20.1. The van der Waals surface area contributed by atoms with Gasteiger partial charge in [0.1, 0.15) is 6.29 Å². The summed E-state index contributed by atoms with van der Waals surface area (Å²) in [5.41, 5.74) is 0. The van der Waals surface area contributed by atoms with Crippen molar-refractivity contribution in [2.45, 2.75) is 45.8 Å². The molecule has 2 aromatic carbocycles. The lowest BCUT2D eigenvalue weighted by Gasteiger charge is -2.44. The Balaban J connectivity index is 2.48. The maximum absolute atomic E-state index is 11.1. The first-order valence-electron chi connectivity index (χ1n) is 9.62. The van der Waals surface area contributed by atoms with Crippen LogP contribution in [-0.4, -0.2) is 32.4 Å². The molecule has 0 radical (unpaired) electrons. The third-order valence-electron chi connectivity index (χ3n) is 5.32. The van der Waals surface area contributed by atoms with Crippen molar-refractivity contribution in [1.29, 1.82) is 0 Å². The molecule has 0 aromatic heterocycles. The Labute approximate surface area is 164 Å². The van der Waals surface area contributed by atoms with Crippen molar-refractivity contribution < 1.29 is 14.3 Å². The predicted molar refractivity (Wildman–Crippen MR) is 114 cm³/mol. The fourth-order valence-electron chi connectivity index (χ4n) is 3.72. The number of rotatable bonds is 8. The molecule has 1 N–H and O–H groups in total. The Hall–Kier alpha value is -1.75. The molecule has 0 bridgehead atoms. The molecule has 3 atom stereocenters. The Kier molecular flexibility index (Phi) is 7.15. The molecule has 0 saturated carbocycles. The molecule has 0 saturated heterocycles. The van der Waals surface area contributed by atoms with Crippen molar-refractivity contribution >= 4 is 25.0 Å². The molecule has 2 aromatic rings. The molecule has 0 amide bonds. The summed E-state index contributed by atoms with van der Waals surface area (Å²) in [6.45, 7) is 10.8. The molecule has 0 unspecified atom stereocenters. The lowest BCUT2D eigenvalue weighted by Crippen LogP contribution is -2.67. The monoisotopic (exact) mass is 384 g/mol. The second-order valence-electron chi connectivity index (χ2n) is 8.44. The lowest BCUT2D eigenvalue weighted by molar-refractivity contribution is -0.114. The van der Waals surface area contributed by atoms with Gasteiger partial charge in [0.05, 0.1) is 6.10 Å². The van der Waals surface area contributed by atoms with Crippen LogP contribution < -0.4 is 10.4 Å². The second kappa shape index (κ2) is 8.96. The minimum Gasteiger partial charge on any atom is -0.407 e. The number of aldehydes is 1. The Bertz CT molecular complexity index is 670. The molecule has 0 aliphatic heterocycles. The quantitative estimate of drug-likeness (QED) is 0.560. The van der Waals surface area contributed by atoms with E-state index in [1.54, 1.807) is 6.92 Å². The van der Waals surface area contributed by atoms with Gasteiger partial charge in [0.25, 0.3) is 8.32 Å². The van der Waals surface area contributed by atoms with Gasteiger partial charge in [0.2, 0.25) is 0 Å². The summed E-state index contributed by atoms with van der Waals surface area (Å²) in [5, 5.41) is 12.8. The number of hydrogen-bond donors (Lipinski definition) is 1. The van der Waals surface area contributed by atoms with Crippen molar-refractivity contribution in [3.63, 3.8) is 0 Å². The highest BCUT2D eigenvalue weighted by Gasteiger charge is 2.50. The molecule has 0 aliphatic rings. The first kappa shape index (κ1) is 21.5. The van der Waals surface area contributed by atoms with Crippen molar-refractivity contribution in [2.24, 2.45) is 11.8 Å². The molecule has 0 spiro atoms. The molecular weight excluding hydrogens is 352 g/mol. The van der Waals surface area contributed by atoms with E-state index in [2.05, 4.69) is 69.3 Å². The second-order valence-corrected chi connectivity index (χ2v) is 12.7. The Morgan fingerprint density at radius 3 is 1.78 bits per heavy atom. The van der Waals surface area contributed by atoms with Crippen LogP contribution in [0.25, 0.3) is 0 Å². The molecular formula is C23H32O3Si. The van der Waals surface area contributed by atoms with E-state index in [4.69, 9.17) is 4.43 Å². The maximum Gasteiger partial charge on any atom is 0.261 e. The fraction of sp³-hybridized carbons (Fsp3) is 0.435. The Morgan fingerprint density at radius 2 is 1.41 bits per heavy atom. The molecule has 2 rings (SSSR count). The van der Waals surface area contributed by atoms with Gasteiger partial charge in [-0.15, -0.1) is 0 Å². The maximum atomic E-state index is 11.1. The number of carbonyl (C=O) groups is 1. The van der Waals surface area contributed by atoms with Gasteiger partial charge < -0.3 is 14.3 Å². The molecule has 3 nitrogen and oxygen atoms in total. The van der Waals surface area contributed by atoms with E-state index in [0.717, 1.165) is 6.29 Å². The number of carbonyl (C=O) groups excluding carboxylic acids is 1. The summed E-state index contributed by atoms with van der Waals surface area (Å²) in [6, 6.07) is 20.9. The van der Waals surface area contributed by atoms with Crippen LogP contribution in [0, 0.1) is 11.8 Å². The van der Waals surface area contributed by atoms with Crippen molar-refractivity contribution in [2.75, 3.05) is 6.61 Å². The molecule has 0 aliphatic carbocycles. The zero-order valence-corrected chi connectivity index (χ0v) is 18.1. The summed E-state index contributed by atoms with van der Waals surface area (Å²) in [7, 11) is -2.60. The van der Waals surface area contributed by atoms with E-state index in [9.17, 15) is 9.90 Å². The summed E-state index contributed by atoms with van der Waals surface area (Å²) < 4.78 is 6.81. The average Bonchev–Trinajstić information content (AvgIpc) is 2.67. The highest BCUT2D eigenvalue weighted by atomic mass is 28.4. The summed E-state index contributed by atoms with van der Waals surface area (Å²) >= 11 is 0. The van der Waals surface area contributed by atoms with Crippen LogP contribution in [0.15, 0.2) is 60.7 Å². The largest absolute Gasteiger partial charge is 0.407 e. The normalized spacial score (nSPS) is 15.8. The van der Waals surface area contributed by atoms with Gasteiger partial charge in [0, 0.05) is 18.4 Å². The standard InChI is InChI=1S/C23H32O3Si/c1-18(16-24)22(25)19(2)17-26-27(23(3,4)5,20-12-8-6-9-13-20)21-14-10-7-11-15-21/h6-16,18-19,22,25H,17H2,1-5H3/t18-,19-,22+/m1/s1. The fourth-order valence-corrected chi connectivity index (χ4v) is 8.38. The van der Waals surface area contributed by atoms with E-state index in [0.29, 0.717) is 6.61 Å². The highest BCUT2D eigenvalue weighted by molar-refractivity contribution is 6.99. The number of aliphatic hydroxyl groups is 1. The Morgan fingerprint density at radius 1 is 0.963 bits per heavy atom. The van der Waals surface area contributed by atoms with Gasteiger partial charge in [0.15, 0.2) is 0 Å². The average molecular weight is 385 g/mol. The van der Waals surface area contributed by atoms with Crippen molar-refractivity contribution in [3.05, 3.63) is 60.7 Å². The van der Waals surface area contributed by atoms with Gasteiger partial charge in [-0.05, 0) is 15.4 Å². The summed E-state index contributed by atoms with van der Waals surface area (Å²) in [5.74, 6) is -0.533. The number of benzene rings is 2. The van der Waals surface area contributed by atoms with E-state index < -0.39 is 20.3 Å². The van der Waals surface area contributed by atoms with Gasteiger partial charge in [-0.2, -0.15) is 0 Å². The van der Waals surface area contributed by atoms with Crippen LogP contribution in [0.5, 0.6) is 0 Å². The molecule has 4 heteroatoms. The predicted octanol–water partition coefficient (Wildman–Crippen LogP) is 3.40. The van der Waals surface area contributed by atoms with Crippen LogP contribution in [-0.2, 0) is 9.22 Å². The van der Waals surface area contributed by atoms with Gasteiger partial charge in [-0.3, -0.25) is 0 Å². The summed E-state index contributed by atoms with van der Waals surface area (Å²) in [4.78, 5) is 11.1. The van der Waals surface area contributed by atoms with Gasteiger partial charge in [-0.1, -0.05) is 95.3 Å². The van der Waals surface area contributed by atoms with E-state index >= 15 is 0 Å². The van der Waals surface area contributed by atoms with Crippen LogP contribution in [0.1, 0.15) is 34.6 Å². The molecule has 27 heavy (non-hydrogen) atoms. The van der Waals surface area contributed by atoms with E-state index in [-0.39, 0.29) is 11.0 Å². The smallest absolute Gasteiger partial charge is 0.261 e. The SMILES string of the molecule is C[C@H](C=O)[C@H](O)[C@H](C)CO[Si](c1ccccc1)(c1ccccc1)C(C)(C)C. The molecule has 146 valence electrons. The minimum absolute atomic E-state index is 0.101. The van der Waals surface area contributed by atoms with Gasteiger partial charge in [-0.25, -0.2) is 0 Å². The first-order chi connectivity index (χ1) is 12.7. The van der Waals surface area contributed by atoms with Crippen LogP contribution >= 0.6 is 0 Å². The third-order valence-corrected chi connectivity index (χ3v) is 10.3. The topological polar surface area (TPSA) is 46.5 Å². The van der Waals surface area contributed by atoms with Crippen molar-refractivity contribution in [3.8, 4) is 0 Å². The van der Waals surface area contributed by atoms with Crippen molar-refractivity contribution in [1.82, 2.24) is 0 Å². The van der Waals surface area contributed by atoms with Crippen LogP contribution in [0.2, 0.25) is 5.04 Å².